The van der Waals surface area contributed by atoms with Gasteiger partial charge in [-0.2, -0.15) is 0 Å². The number of ether oxygens (including phenoxy) is 1. The first-order valence-corrected chi connectivity index (χ1v) is 7.90. The van der Waals surface area contributed by atoms with Gasteiger partial charge in [0.25, 0.3) is 0 Å². The number of nitrogen functional groups attached to an aromatic ring is 1. The maximum Gasteiger partial charge on any atom is 0.339 e. The van der Waals surface area contributed by atoms with Crippen LogP contribution in [0, 0.1) is 0 Å². The fourth-order valence-electron chi connectivity index (χ4n) is 2.99. The Kier molecular flexibility index (Phi) is 4.50. The molecule has 2 N–H and O–H groups in total. The van der Waals surface area contributed by atoms with E-state index in [4.69, 9.17) is 10.5 Å². The van der Waals surface area contributed by atoms with Crippen LogP contribution in [0.15, 0.2) is 30.6 Å². The van der Waals surface area contributed by atoms with Gasteiger partial charge in [0.2, 0.25) is 0 Å². The summed E-state index contributed by atoms with van der Waals surface area (Å²) in [7, 11) is 3.19. The van der Waals surface area contributed by atoms with Crippen molar-refractivity contribution in [1.82, 2.24) is 9.97 Å². The second-order valence-electron chi connectivity index (χ2n) is 5.70. The number of aromatic nitrogens is 2. The number of benzene rings is 1. The first-order valence-electron chi connectivity index (χ1n) is 7.90. The average Bonchev–Trinajstić information content (AvgIpc) is 3.15. The predicted molar refractivity (Wildman–Crippen MR) is 93.7 cm³/mol. The molecule has 1 aromatic heterocycles. The monoisotopic (exact) mass is 327 g/mol. The number of carbonyl (C=O) groups is 1. The molecule has 2 heterocycles. The van der Waals surface area contributed by atoms with Gasteiger partial charge in [-0.15, -0.1) is 0 Å². The second-order valence-corrected chi connectivity index (χ2v) is 5.70. The zero-order valence-corrected chi connectivity index (χ0v) is 13.9. The van der Waals surface area contributed by atoms with E-state index in [0.717, 1.165) is 31.7 Å². The molecule has 126 valence electrons. The van der Waals surface area contributed by atoms with Crippen LogP contribution in [0.5, 0.6) is 0 Å². The summed E-state index contributed by atoms with van der Waals surface area (Å²) in [6.45, 7) is 1.90. The Balaban J connectivity index is 2.01. The Morgan fingerprint density at radius 3 is 2.67 bits per heavy atom. The number of methoxy groups -OCH3 is 1. The van der Waals surface area contributed by atoms with Gasteiger partial charge in [-0.3, -0.25) is 0 Å². The third kappa shape index (κ3) is 2.84. The summed E-state index contributed by atoms with van der Waals surface area (Å²) in [5, 5.41) is 0. The topological polar surface area (TPSA) is 84.6 Å². The van der Waals surface area contributed by atoms with Crippen LogP contribution in [0.25, 0.3) is 0 Å². The molecule has 1 fully saturated rings. The van der Waals surface area contributed by atoms with Crippen LogP contribution >= 0.6 is 0 Å². The van der Waals surface area contributed by atoms with Crippen molar-refractivity contribution < 1.29 is 9.53 Å². The van der Waals surface area contributed by atoms with E-state index in [-0.39, 0.29) is 0 Å². The highest BCUT2D eigenvalue weighted by molar-refractivity contribution is 5.97. The smallest absolute Gasteiger partial charge is 0.339 e. The van der Waals surface area contributed by atoms with Gasteiger partial charge >= 0.3 is 5.97 Å². The normalized spacial score (nSPS) is 13.8. The number of hydrogen-bond acceptors (Lipinski definition) is 7. The summed E-state index contributed by atoms with van der Waals surface area (Å²) in [6.07, 6.45) is 3.79. The van der Waals surface area contributed by atoms with Crippen molar-refractivity contribution in [2.45, 2.75) is 12.8 Å². The molecular formula is C17H21N5O2. The molecule has 0 radical (unpaired) electrons. The molecule has 1 aliphatic rings. The molecule has 0 amide bonds. The molecule has 2 aromatic rings. The standard InChI is InChI=1S/C17H21N5O2/c1-21(13-8-4-3-7-12(13)17(23)24-2)15-14(18)16(20-11-19-15)22-9-5-6-10-22/h3-4,7-8,11H,5-6,9-10,18H2,1-2H3. The number of hydrogen-bond donors (Lipinski definition) is 1. The Bertz CT molecular complexity index is 744. The van der Waals surface area contributed by atoms with Crippen LogP contribution in [0.2, 0.25) is 0 Å². The van der Waals surface area contributed by atoms with Crippen LogP contribution in [0.3, 0.4) is 0 Å². The minimum absolute atomic E-state index is 0.398. The molecule has 0 bridgehead atoms. The number of nitrogens with zero attached hydrogens (tertiary/aromatic N) is 4. The van der Waals surface area contributed by atoms with Crippen molar-refractivity contribution in [3.63, 3.8) is 0 Å². The van der Waals surface area contributed by atoms with Crippen molar-refractivity contribution in [2.24, 2.45) is 0 Å². The van der Waals surface area contributed by atoms with Crippen LogP contribution in [0.1, 0.15) is 23.2 Å². The first-order chi connectivity index (χ1) is 11.6. The van der Waals surface area contributed by atoms with Gasteiger partial charge in [-0.05, 0) is 25.0 Å². The third-order valence-corrected chi connectivity index (χ3v) is 4.24. The van der Waals surface area contributed by atoms with Crippen molar-refractivity contribution in [2.75, 3.05) is 42.8 Å². The third-order valence-electron chi connectivity index (χ3n) is 4.24. The lowest BCUT2D eigenvalue weighted by Crippen LogP contribution is -2.23. The average molecular weight is 327 g/mol. The quantitative estimate of drug-likeness (QED) is 0.862. The van der Waals surface area contributed by atoms with Gasteiger partial charge in [-0.25, -0.2) is 14.8 Å². The van der Waals surface area contributed by atoms with Gasteiger partial charge in [0, 0.05) is 20.1 Å². The summed E-state index contributed by atoms with van der Waals surface area (Å²) >= 11 is 0. The van der Waals surface area contributed by atoms with Crippen LogP contribution < -0.4 is 15.5 Å². The minimum atomic E-state index is -0.398. The molecule has 1 aromatic carbocycles. The van der Waals surface area contributed by atoms with Crippen LogP contribution in [-0.4, -0.2) is 43.2 Å². The lowest BCUT2D eigenvalue weighted by molar-refractivity contribution is 0.0601. The van der Waals surface area contributed by atoms with Gasteiger partial charge in [-0.1, -0.05) is 12.1 Å². The Labute approximate surface area is 141 Å². The SMILES string of the molecule is COC(=O)c1ccccc1N(C)c1ncnc(N2CCCC2)c1N. The Morgan fingerprint density at radius 1 is 1.25 bits per heavy atom. The summed E-state index contributed by atoms with van der Waals surface area (Å²) in [5.41, 5.74) is 7.99. The van der Waals surface area contributed by atoms with Gasteiger partial charge in [0.15, 0.2) is 11.6 Å². The number of nitrogens with two attached hydrogens (primary N) is 1. The molecule has 1 aliphatic heterocycles. The maximum absolute atomic E-state index is 12.0. The molecule has 0 unspecified atom stereocenters. The van der Waals surface area contributed by atoms with Crippen LogP contribution in [0.4, 0.5) is 23.0 Å². The predicted octanol–water partition coefficient (Wildman–Crippen LogP) is 2.21. The van der Waals surface area contributed by atoms with E-state index in [0.29, 0.717) is 22.8 Å². The summed E-state index contributed by atoms with van der Waals surface area (Å²) < 4.78 is 4.86. The van der Waals surface area contributed by atoms with E-state index in [2.05, 4.69) is 14.9 Å². The lowest BCUT2D eigenvalue weighted by atomic mass is 10.1. The van der Waals surface area contributed by atoms with E-state index in [1.165, 1.54) is 13.4 Å². The highest BCUT2D eigenvalue weighted by atomic mass is 16.5. The molecule has 0 aliphatic carbocycles. The minimum Gasteiger partial charge on any atom is -0.465 e. The highest BCUT2D eigenvalue weighted by Gasteiger charge is 2.22. The fourth-order valence-corrected chi connectivity index (χ4v) is 2.99. The molecule has 0 spiro atoms. The van der Waals surface area contributed by atoms with E-state index in [1.807, 2.05) is 19.2 Å². The van der Waals surface area contributed by atoms with E-state index in [9.17, 15) is 4.79 Å². The molecule has 7 nitrogen and oxygen atoms in total. The largest absolute Gasteiger partial charge is 0.465 e. The number of carbonyl (C=O) groups excluding carboxylic acids is 1. The van der Waals surface area contributed by atoms with Gasteiger partial charge in [0.05, 0.1) is 18.4 Å². The molecule has 7 heteroatoms. The Hall–Kier alpha value is -2.83. The highest BCUT2D eigenvalue weighted by Crippen LogP contribution is 2.34. The summed E-state index contributed by atoms with van der Waals surface area (Å²) in [5.74, 6) is 0.924. The van der Waals surface area contributed by atoms with E-state index >= 15 is 0 Å². The second kappa shape index (κ2) is 6.74. The van der Waals surface area contributed by atoms with Gasteiger partial charge < -0.3 is 20.3 Å². The zero-order valence-electron chi connectivity index (χ0n) is 13.9. The van der Waals surface area contributed by atoms with E-state index in [1.54, 1.807) is 17.0 Å². The molecule has 24 heavy (non-hydrogen) atoms. The molecule has 0 atom stereocenters. The summed E-state index contributed by atoms with van der Waals surface area (Å²) in [6, 6.07) is 7.21. The number of esters is 1. The molecule has 3 rings (SSSR count). The van der Waals surface area contributed by atoms with Crippen molar-refractivity contribution in [3.8, 4) is 0 Å². The van der Waals surface area contributed by atoms with Crippen molar-refractivity contribution in [1.29, 1.82) is 0 Å². The number of para-hydroxylation sites is 1. The lowest BCUT2D eigenvalue weighted by Gasteiger charge is -2.25. The van der Waals surface area contributed by atoms with Crippen molar-refractivity contribution in [3.05, 3.63) is 36.2 Å². The first kappa shape index (κ1) is 16.0. The Morgan fingerprint density at radius 2 is 1.96 bits per heavy atom. The van der Waals surface area contributed by atoms with Gasteiger partial charge in [0.1, 0.15) is 12.0 Å². The maximum atomic E-state index is 12.0. The zero-order chi connectivity index (χ0) is 17.1. The number of anilines is 4. The van der Waals surface area contributed by atoms with Crippen LogP contribution in [-0.2, 0) is 4.74 Å². The fraction of sp³-hybridized carbons (Fsp3) is 0.353. The van der Waals surface area contributed by atoms with Crippen molar-refractivity contribution >= 4 is 29.0 Å². The summed E-state index contributed by atoms with van der Waals surface area (Å²) in [4.78, 5) is 24.6. The number of rotatable bonds is 4. The van der Waals surface area contributed by atoms with E-state index < -0.39 is 5.97 Å². The molecular weight excluding hydrogens is 306 g/mol. The molecule has 0 saturated carbocycles. The molecule has 1 saturated heterocycles.